The SMILES string of the molecule is C=CC(=O)O.C=CC(=O)O.CC1(C)C(=O)N(CCO)C(=O)N1CCO. The fourth-order valence-electron chi connectivity index (χ4n) is 1.69. The van der Waals surface area contributed by atoms with E-state index < -0.39 is 23.5 Å². The van der Waals surface area contributed by atoms with Gasteiger partial charge in [-0.15, -0.1) is 0 Å². The van der Waals surface area contributed by atoms with Gasteiger partial charge in [-0.1, -0.05) is 13.2 Å². The van der Waals surface area contributed by atoms with Crippen molar-refractivity contribution < 1.29 is 39.6 Å². The zero-order valence-electron chi connectivity index (χ0n) is 14.2. The van der Waals surface area contributed by atoms with Crippen LogP contribution in [0.4, 0.5) is 4.79 Å². The molecule has 3 amide bonds. The molecule has 1 rings (SSSR count). The molecule has 10 heteroatoms. The summed E-state index contributed by atoms with van der Waals surface area (Å²) >= 11 is 0. The fraction of sp³-hybridized carbons (Fsp3) is 0.467. The van der Waals surface area contributed by atoms with Gasteiger partial charge in [-0.05, 0) is 13.8 Å². The molecule has 1 aliphatic rings. The molecule has 0 aliphatic carbocycles. The summed E-state index contributed by atoms with van der Waals surface area (Å²) in [5.41, 5.74) is -0.936. The van der Waals surface area contributed by atoms with E-state index in [9.17, 15) is 19.2 Å². The number of rotatable bonds is 6. The predicted molar refractivity (Wildman–Crippen MR) is 87.7 cm³/mol. The van der Waals surface area contributed by atoms with Crippen LogP contribution in [0.2, 0.25) is 0 Å². The molecule has 0 radical (unpaired) electrons. The van der Waals surface area contributed by atoms with Gasteiger partial charge in [0, 0.05) is 18.7 Å². The van der Waals surface area contributed by atoms with Crippen LogP contribution in [0, 0.1) is 0 Å². The maximum Gasteiger partial charge on any atom is 0.327 e. The molecule has 0 aromatic heterocycles. The number of aliphatic carboxylic acids is 2. The van der Waals surface area contributed by atoms with E-state index in [2.05, 4.69) is 13.2 Å². The largest absolute Gasteiger partial charge is 0.478 e. The number of carbonyl (C=O) groups is 4. The van der Waals surface area contributed by atoms with Crippen LogP contribution in [0.5, 0.6) is 0 Å². The van der Waals surface area contributed by atoms with Crippen molar-refractivity contribution >= 4 is 23.9 Å². The van der Waals surface area contributed by atoms with E-state index in [1.165, 1.54) is 4.90 Å². The summed E-state index contributed by atoms with van der Waals surface area (Å²) in [6.45, 7) is 8.86. The minimum absolute atomic E-state index is 0.00300. The highest BCUT2D eigenvalue weighted by Crippen LogP contribution is 2.26. The van der Waals surface area contributed by atoms with Crippen molar-refractivity contribution in [1.29, 1.82) is 0 Å². The third-order valence-electron chi connectivity index (χ3n) is 2.90. The first-order valence-electron chi connectivity index (χ1n) is 7.07. The Balaban J connectivity index is 0. The second kappa shape index (κ2) is 11.8. The molecule has 1 aliphatic heterocycles. The molecule has 0 bridgehead atoms. The van der Waals surface area contributed by atoms with Gasteiger partial charge in [-0.3, -0.25) is 9.69 Å². The molecular formula is C15H24N2O8. The van der Waals surface area contributed by atoms with E-state index in [1.54, 1.807) is 13.8 Å². The third-order valence-corrected chi connectivity index (χ3v) is 2.90. The Hall–Kier alpha value is -2.72. The van der Waals surface area contributed by atoms with E-state index in [0.717, 1.165) is 17.1 Å². The number of β-amino-alcohol motifs (C(OH)–C–C–N with tert-alkyl or cyclic N) is 2. The smallest absolute Gasteiger partial charge is 0.327 e. The first-order valence-corrected chi connectivity index (χ1v) is 7.07. The van der Waals surface area contributed by atoms with Gasteiger partial charge in [0.15, 0.2) is 0 Å². The average Bonchev–Trinajstić information content (AvgIpc) is 2.71. The molecule has 142 valence electrons. The molecule has 1 heterocycles. The summed E-state index contributed by atoms with van der Waals surface area (Å²) in [7, 11) is 0. The summed E-state index contributed by atoms with van der Waals surface area (Å²) in [6.07, 6.45) is 1.67. The number of carboxylic acids is 2. The predicted octanol–water partition coefficient (Wildman–Crippen LogP) is -0.472. The highest BCUT2D eigenvalue weighted by atomic mass is 16.4. The van der Waals surface area contributed by atoms with Crippen molar-refractivity contribution in [1.82, 2.24) is 9.80 Å². The van der Waals surface area contributed by atoms with Gasteiger partial charge < -0.3 is 25.3 Å². The zero-order chi connectivity index (χ0) is 20.2. The van der Waals surface area contributed by atoms with E-state index in [4.69, 9.17) is 20.4 Å². The van der Waals surface area contributed by atoms with Gasteiger partial charge in [0.05, 0.1) is 19.8 Å². The van der Waals surface area contributed by atoms with Gasteiger partial charge in [0.2, 0.25) is 0 Å². The second-order valence-electron chi connectivity index (χ2n) is 4.98. The maximum absolute atomic E-state index is 11.8. The van der Waals surface area contributed by atoms with Crippen molar-refractivity contribution in [2.45, 2.75) is 19.4 Å². The Bertz CT molecular complexity index is 498. The maximum atomic E-state index is 11.8. The monoisotopic (exact) mass is 360 g/mol. The van der Waals surface area contributed by atoms with Crippen molar-refractivity contribution in [3.63, 3.8) is 0 Å². The first-order chi connectivity index (χ1) is 11.5. The number of hydrogen-bond acceptors (Lipinski definition) is 6. The summed E-state index contributed by atoms with van der Waals surface area (Å²) in [5, 5.41) is 32.7. The van der Waals surface area contributed by atoms with Gasteiger partial charge >= 0.3 is 18.0 Å². The number of aliphatic hydroxyl groups excluding tert-OH is 2. The summed E-state index contributed by atoms with van der Waals surface area (Å²) in [5.74, 6) is -2.30. The Morgan fingerprint density at radius 3 is 1.64 bits per heavy atom. The number of nitrogens with zero attached hydrogens (tertiary/aromatic N) is 2. The van der Waals surface area contributed by atoms with Crippen molar-refractivity contribution in [3.8, 4) is 0 Å². The van der Waals surface area contributed by atoms with E-state index >= 15 is 0 Å². The zero-order valence-corrected chi connectivity index (χ0v) is 14.2. The van der Waals surface area contributed by atoms with Crippen LogP contribution in [0.15, 0.2) is 25.3 Å². The van der Waals surface area contributed by atoms with Crippen LogP contribution in [-0.2, 0) is 14.4 Å². The Labute approximate surface area is 145 Å². The quantitative estimate of drug-likeness (QED) is 0.366. The number of amides is 3. The molecule has 0 atom stereocenters. The van der Waals surface area contributed by atoms with E-state index in [-0.39, 0.29) is 32.2 Å². The molecular weight excluding hydrogens is 336 g/mol. The lowest BCUT2D eigenvalue weighted by Crippen LogP contribution is -2.45. The fourth-order valence-corrected chi connectivity index (χ4v) is 1.69. The van der Waals surface area contributed by atoms with Crippen LogP contribution in [-0.4, -0.2) is 85.9 Å². The molecule has 0 aromatic rings. The molecule has 10 nitrogen and oxygen atoms in total. The lowest BCUT2D eigenvalue weighted by molar-refractivity contribution is -0.132. The topological polar surface area (TPSA) is 156 Å². The summed E-state index contributed by atoms with van der Waals surface area (Å²) in [6, 6.07) is -0.451. The van der Waals surface area contributed by atoms with Gasteiger partial charge in [-0.2, -0.15) is 0 Å². The summed E-state index contributed by atoms with van der Waals surface area (Å²) in [4.78, 5) is 44.3. The molecule has 0 unspecified atom stereocenters. The van der Waals surface area contributed by atoms with Crippen LogP contribution in [0.1, 0.15) is 13.8 Å². The average molecular weight is 360 g/mol. The molecule has 0 aromatic carbocycles. The van der Waals surface area contributed by atoms with E-state index in [0.29, 0.717) is 0 Å². The van der Waals surface area contributed by atoms with Crippen LogP contribution in [0.25, 0.3) is 0 Å². The van der Waals surface area contributed by atoms with E-state index in [1.807, 2.05) is 0 Å². The molecule has 0 saturated carbocycles. The van der Waals surface area contributed by atoms with Gasteiger partial charge in [0.25, 0.3) is 5.91 Å². The van der Waals surface area contributed by atoms with Gasteiger partial charge in [-0.25, -0.2) is 14.4 Å². The first kappa shape index (κ1) is 24.5. The minimum Gasteiger partial charge on any atom is -0.478 e. The van der Waals surface area contributed by atoms with Crippen molar-refractivity contribution in [2.75, 3.05) is 26.3 Å². The normalized spacial score (nSPS) is 14.7. The Morgan fingerprint density at radius 2 is 1.36 bits per heavy atom. The number of carboxylic acid groups (broad SMARTS) is 2. The lowest BCUT2D eigenvalue weighted by atomic mass is 10.0. The van der Waals surface area contributed by atoms with Gasteiger partial charge in [0.1, 0.15) is 5.54 Å². The third kappa shape index (κ3) is 8.08. The number of hydrogen-bond donors (Lipinski definition) is 4. The highest BCUT2D eigenvalue weighted by molar-refractivity contribution is 6.06. The Morgan fingerprint density at radius 1 is 1.00 bits per heavy atom. The second-order valence-corrected chi connectivity index (χ2v) is 4.98. The molecule has 0 spiro atoms. The molecule has 25 heavy (non-hydrogen) atoms. The molecule has 4 N–H and O–H groups in total. The van der Waals surface area contributed by atoms with Crippen molar-refractivity contribution in [2.24, 2.45) is 0 Å². The summed E-state index contributed by atoms with van der Waals surface area (Å²) < 4.78 is 0. The number of carbonyl (C=O) groups excluding carboxylic acids is 2. The Kier molecular flexibility index (Phi) is 11.5. The standard InChI is InChI=1S/C9H16N2O4.2C3H4O2/c1-9(2)7(14)10(3-5-12)8(15)11(9)4-6-13;2*1-2-3(4)5/h12-13H,3-6H2,1-2H3;2*2H,1H2,(H,4,5). The molecule has 1 fully saturated rings. The van der Waals surface area contributed by atoms with Crippen LogP contribution in [0.3, 0.4) is 0 Å². The van der Waals surface area contributed by atoms with Crippen molar-refractivity contribution in [3.05, 3.63) is 25.3 Å². The minimum atomic E-state index is -0.981. The van der Waals surface area contributed by atoms with Crippen LogP contribution >= 0.6 is 0 Å². The van der Waals surface area contributed by atoms with Crippen LogP contribution < -0.4 is 0 Å². The highest BCUT2D eigenvalue weighted by Gasteiger charge is 2.50. The number of urea groups is 1. The molecule has 1 saturated heterocycles. The number of aliphatic hydroxyl groups is 2. The number of imide groups is 1. The lowest BCUT2D eigenvalue weighted by Gasteiger charge is -2.26.